The summed E-state index contributed by atoms with van der Waals surface area (Å²) < 4.78 is 14.6. The SMILES string of the molecule is N=C/C(=C(\C=O)CC1Cc2ccccc2C1F)N1CCNC1. The Morgan fingerprint density at radius 3 is 2.91 bits per heavy atom. The predicted molar refractivity (Wildman–Crippen MR) is 83.6 cm³/mol. The zero-order chi connectivity index (χ0) is 15.5. The van der Waals surface area contributed by atoms with Crippen molar-refractivity contribution >= 4 is 12.5 Å². The largest absolute Gasteiger partial charge is 0.356 e. The van der Waals surface area contributed by atoms with Gasteiger partial charge in [-0.1, -0.05) is 24.3 Å². The molecular formula is C17H20FN3O. The lowest BCUT2D eigenvalue weighted by atomic mass is 9.94. The second-order valence-electron chi connectivity index (χ2n) is 5.86. The fraction of sp³-hybridized carbons (Fsp3) is 0.412. The van der Waals surface area contributed by atoms with E-state index in [1.54, 1.807) is 0 Å². The molecule has 0 bridgehead atoms. The molecule has 0 aromatic heterocycles. The Hall–Kier alpha value is -2.01. The van der Waals surface area contributed by atoms with Gasteiger partial charge in [-0.05, 0) is 24.0 Å². The third-order valence-corrected chi connectivity index (χ3v) is 4.54. The van der Waals surface area contributed by atoms with Gasteiger partial charge in [-0.3, -0.25) is 10.1 Å². The second-order valence-corrected chi connectivity index (χ2v) is 5.86. The molecule has 4 nitrogen and oxygen atoms in total. The summed E-state index contributed by atoms with van der Waals surface area (Å²) in [4.78, 5) is 13.5. The molecule has 0 saturated carbocycles. The van der Waals surface area contributed by atoms with E-state index < -0.39 is 6.17 Å². The van der Waals surface area contributed by atoms with Gasteiger partial charge in [0.25, 0.3) is 0 Å². The number of rotatable bonds is 5. The van der Waals surface area contributed by atoms with Crippen molar-refractivity contribution in [1.82, 2.24) is 10.2 Å². The van der Waals surface area contributed by atoms with Crippen molar-refractivity contribution in [2.45, 2.75) is 19.0 Å². The Morgan fingerprint density at radius 2 is 2.27 bits per heavy atom. The van der Waals surface area contributed by atoms with E-state index in [2.05, 4.69) is 5.32 Å². The number of aldehydes is 1. The minimum absolute atomic E-state index is 0.219. The summed E-state index contributed by atoms with van der Waals surface area (Å²) in [7, 11) is 0. The highest BCUT2D eigenvalue weighted by Gasteiger charge is 2.33. The number of allylic oxidation sites excluding steroid dienone is 2. The van der Waals surface area contributed by atoms with E-state index in [9.17, 15) is 9.18 Å². The van der Waals surface area contributed by atoms with Gasteiger partial charge in [-0.15, -0.1) is 0 Å². The summed E-state index contributed by atoms with van der Waals surface area (Å²) in [5.74, 6) is -0.219. The van der Waals surface area contributed by atoms with E-state index in [0.717, 1.165) is 30.5 Å². The molecule has 1 fully saturated rings. The standard InChI is InChI=1S/C17H20FN3O/c18-17-13(7-12-3-1-2-4-15(12)17)8-14(10-22)16(9-19)21-6-5-20-11-21/h1-4,9-10,13,17,19-20H,5-8,11H2/b16-14+,19-9?. The Kier molecular flexibility index (Phi) is 4.34. The molecule has 0 radical (unpaired) electrons. The summed E-state index contributed by atoms with van der Waals surface area (Å²) in [6, 6.07) is 7.55. The van der Waals surface area contributed by atoms with Crippen molar-refractivity contribution in [1.29, 1.82) is 5.41 Å². The van der Waals surface area contributed by atoms with Crippen LogP contribution < -0.4 is 5.32 Å². The first-order chi connectivity index (χ1) is 10.7. The molecule has 1 aliphatic heterocycles. The van der Waals surface area contributed by atoms with Crippen LogP contribution in [0.5, 0.6) is 0 Å². The van der Waals surface area contributed by atoms with Crippen LogP contribution in [-0.2, 0) is 11.2 Å². The van der Waals surface area contributed by atoms with E-state index in [0.29, 0.717) is 30.8 Å². The third-order valence-electron chi connectivity index (χ3n) is 4.54. The van der Waals surface area contributed by atoms with E-state index in [4.69, 9.17) is 5.41 Å². The number of benzene rings is 1. The van der Waals surface area contributed by atoms with Crippen molar-refractivity contribution in [2.75, 3.05) is 19.8 Å². The molecule has 1 saturated heterocycles. The lowest BCUT2D eigenvalue weighted by Crippen LogP contribution is -2.24. The monoisotopic (exact) mass is 301 g/mol. The van der Waals surface area contributed by atoms with Crippen LogP contribution in [-0.4, -0.2) is 37.2 Å². The topological polar surface area (TPSA) is 56.2 Å². The zero-order valence-corrected chi connectivity index (χ0v) is 12.4. The molecule has 0 spiro atoms. The molecule has 5 heteroatoms. The van der Waals surface area contributed by atoms with Crippen molar-refractivity contribution in [3.8, 4) is 0 Å². The van der Waals surface area contributed by atoms with Gasteiger partial charge in [0.2, 0.25) is 0 Å². The Morgan fingerprint density at radius 1 is 1.45 bits per heavy atom. The number of hydrogen-bond donors (Lipinski definition) is 2. The molecule has 1 heterocycles. The fourth-order valence-corrected chi connectivity index (χ4v) is 3.40. The molecule has 2 atom stereocenters. The first-order valence-corrected chi connectivity index (χ1v) is 7.61. The lowest BCUT2D eigenvalue weighted by Gasteiger charge is -2.21. The van der Waals surface area contributed by atoms with Crippen molar-refractivity contribution in [3.63, 3.8) is 0 Å². The minimum atomic E-state index is -1.03. The van der Waals surface area contributed by atoms with Gasteiger partial charge >= 0.3 is 0 Å². The van der Waals surface area contributed by atoms with Gasteiger partial charge < -0.3 is 10.3 Å². The van der Waals surface area contributed by atoms with E-state index in [1.807, 2.05) is 29.2 Å². The maximum Gasteiger partial charge on any atom is 0.148 e. The minimum Gasteiger partial charge on any atom is -0.356 e. The number of hydrogen-bond acceptors (Lipinski definition) is 4. The molecule has 3 rings (SSSR count). The van der Waals surface area contributed by atoms with E-state index in [1.165, 1.54) is 6.21 Å². The van der Waals surface area contributed by atoms with Crippen LogP contribution in [0, 0.1) is 11.3 Å². The molecule has 22 heavy (non-hydrogen) atoms. The first kappa shape index (κ1) is 14.9. The highest BCUT2D eigenvalue weighted by atomic mass is 19.1. The van der Waals surface area contributed by atoms with Gasteiger partial charge in [0.05, 0.1) is 12.4 Å². The summed E-state index contributed by atoms with van der Waals surface area (Å²) in [5.41, 5.74) is 2.92. The van der Waals surface area contributed by atoms with Crippen molar-refractivity contribution in [2.24, 2.45) is 5.92 Å². The number of carbonyl (C=O) groups excluding carboxylic acids is 1. The smallest absolute Gasteiger partial charge is 0.148 e. The average Bonchev–Trinajstić information content (AvgIpc) is 3.17. The molecule has 2 unspecified atom stereocenters. The summed E-state index contributed by atoms with van der Waals surface area (Å²) in [6.45, 7) is 2.24. The quantitative estimate of drug-likeness (QED) is 0.498. The molecule has 2 aliphatic rings. The van der Waals surface area contributed by atoms with Crippen LogP contribution in [0.15, 0.2) is 35.5 Å². The highest BCUT2D eigenvalue weighted by molar-refractivity contribution is 5.87. The molecule has 1 aliphatic carbocycles. The Bertz CT molecular complexity index is 608. The zero-order valence-electron chi connectivity index (χ0n) is 12.4. The third kappa shape index (κ3) is 2.68. The summed E-state index contributed by atoms with van der Waals surface area (Å²) in [6.07, 6.45) is 1.99. The normalized spacial score (nSPS) is 24.9. The maximum atomic E-state index is 14.6. The van der Waals surface area contributed by atoms with Crippen LogP contribution >= 0.6 is 0 Å². The molecule has 116 valence electrons. The number of nitrogens with one attached hydrogen (secondary N) is 2. The van der Waals surface area contributed by atoms with Crippen LogP contribution in [0.1, 0.15) is 23.7 Å². The van der Waals surface area contributed by atoms with Crippen LogP contribution in [0.25, 0.3) is 0 Å². The number of fused-ring (bicyclic) bond motifs is 1. The number of carbonyl (C=O) groups is 1. The maximum absolute atomic E-state index is 14.6. The molecule has 1 aromatic carbocycles. The highest BCUT2D eigenvalue weighted by Crippen LogP contribution is 2.42. The van der Waals surface area contributed by atoms with Gasteiger partial charge in [0.1, 0.15) is 12.5 Å². The summed E-state index contributed by atoms with van der Waals surface area (Å²) >= 11 is 0. The van der Waals surface area contributed by atoms with Crippen molar-refractivity contribution in [3.05, 3.63) is 46.7 Å². The number of halogens is 1. The first-order valence-electron chi connectivity index (χ1n) is 7.61. The van der Waals surface area contributed by atoms with Crippen LogP contribution in [0.2, 0.25) is 0 Å². The Balaban J connectivity index is 1.81. The molecule has 0 amide bonds. The average molecular weight is 301 g/mol. The summed E-state index contributed by atoms with van der Waals surface area (Å²) in [5, 5.41) is 10.8. The fourth-order valence-electron chi connectivity index (χ4n) is 3.40. The van der Waals surface area contributed by atoms with Gasteiger partial charge in [0, 0.05) is 30.8 Å². The second kappa shape index (κ2) is 6.40. The number of alkyl halides is 1. The van der Waals surface area contributed by atoms with Crippen LogP contribution in [0.4, 0.5) is 4.39 Å². The van der Waals surface area contributed by atoms with Crippen molar-refractivity contribution < 1.29 is 9.18 Å². The predicted octanol–water partition coefficient (Wildman–Crippen LogP) is 2.22. The van der Waals surface area contributed by atoms with Crippen LogP contribution in [0.3, 0.4) is 0 Å². The van der Waals surface area contributed by atoms with Gasteiger partial charge in [-0.25, -0.2) is 4.39 Å². The van der Waals surface area contributed by atoms with Gasteiger partial charge in [0.15, 0.2) is 0 Å². The Labute approximate surface area is 129 Å². The van der Waals surface area contributed by atoms with E-state index in [-0.39, 0.29) is 5.92 Å². The molecule has 1 aromatic rings. The lowest BCUT2D eigenvalue weighted by molar-refractivity contribution is -0.105. The molecule has 2 N–H and O–H groups in total. The van der Waals surface area contributed by atoms with E-state index >= 15 is 0 Å². The molecular weight excluding hydrogens is 281 g/mol. The number of nitrogens with zero attached hydrogens (tertiary/aromatic N) is 1. The van der Waals surface area contributed by atoms with Gasteiger partial charge in [-0.2, -0.15) is 0 Å².